The van der Waals surface area contributed by atoms with Gasteiger partial charge in [0.05, 0.1) is 7.11 Å². The molecular formula is C20H23N5O2. The normalized spacial score (nSPS) is 18.0. The molecule has 0 saturated carbocycles. The lowest BCUT2D eigenvalue weighted by Gasteiger charge is -2.39. The van der Waals surface area contributed by atoms with Gasteiger partial charge in [0.1, 0.15) is 11.3 Å². The summed E-state index contributed by atoms with van der Waals surface area (Å²) in [6.45, 7) is 5.27. The number of H-pyrrole nitrogens is 1. The molecule has 7 nitrogen and oxygen atoms in total. The molecule has 1 amide bonds. The third-order valence-corrected chi connectivity index (χ3v) is 5.08. The van der Waals surface area contributed by atoms with E-state index in [1.165, 1.54) is 5.56 Å². The number of nitrogens with one attached hydrogen (secondary N) is 1. The Balaban J connectivity index is 1.49. The van der Waals surface area contributed by atoms with Crippen LogP contribution in [0.3, 0.4) is 0 Å². The molecular weight excluding hydrogens is 342 g/mol. The summed E-state index contributed by atoms with van der Waals surface area (Å²) in [7, 11) is 1.61. The van der Waals surface area contributed by atoms with Crippen molar-refractivity contribution in [1.82, 2.24) is 25.0 Å². The van der Waals surface area contributed by atoms with E-state index in [2.05, 4.69) is 33.1 Å². The summed E-state index contributed by atoms with van der Waals surface area (Å²) in [6.07, 6.45) is 3.68. The van der Waals surface area contributed by atoms with Crippen molar-refractivity contribution in [2.75, 3.05) is 26.7 Å². The maximum atomic E-state index is 13.1. The number of rotatable bonds is 4. The maximum Gasteiger partial charge on any atom is 0.275 e. The molecule has 3 heterocycles. The topological polar surface area (TPSA) is 74.3 Å². The first-order chi connectivity index (χ1) is 13.2. The van der Waals surface area contributed by atoms with Crippen molar-refractivity contribution in [1.29, 1.82) is 0 Å². The van der Waals surface area contributed by atoms with Crippen LogP contribution in [0.25, 0.3) is 10.9 Å². The van der Waals surface area contributed by atoms with Crippen LogP contribution in [0.5, 0.6) is 5.75 Å². The number of fused-ring (bicyclic) bond motifs is 1. The molecule has 1 N–H and O–H groups in total. The summed E-state index contributed by atoms with van der Waals surface area (Å²) in [4.78, 5) is 21.6. The van der Waals surface area contributed by atoms with E-state index < -0.39 is 0 Å². The summed E-state index contributed by atoms with van der Waals surface area (Å²) in [6, 6.07) is 9.78. The van der Waals surface area contributed by atoms with Gasteiger partial charge < -0.3 is 9.64 Å². The molecule has 1 aliphatic heterocycles. The van der Waals surface area contributed by atoms with E-state index in [1.807, 2.05) is 35.4 Å². The molecule has 1 fully saturated rings. The number of carbonyl (C=O) groups excluding carboxylic acids is 1. The number of methoxy groups -OCH3 is 1. The number of aromatic nitrogens is 3. The highest BCUT2D eigenvalue weighted by Crippen LogP contribution is 2.27. The number of nitrogens with zero attached hydrogens (tertiary/aromatic N) is 4. The first-order valence-electron chi connectivity index (χ1n) is 9.10. The van der Waals surface area contributed by atoms with Gasteiger partial charge >= 0.3 is 0 Å². The zero-order chi connectivity index (χ0) is 18.8. The fraction of sp³-hybridized carbons (Fsp3) is 0.350. The second-order valence-electron chi connectivity index (χ2n) is 6.90. The van der Waals surface area contributed by atoms with Crippen molar-refractivity contribution in [2.24, 2.45) is 0 Å². The lowest BCUT2D eigenvalue weighted by atomic mass is 10.1. The highest BCUT2D eigenvalue weighted by Gasteiger charge is 2.30. The van der Waals surface area contributed by atoms with Gasteiger partial charge in [0.15, 0.2) is 5.69 Å². The Labute approximate surface area is 157 Å². The molecule has 1 saturated heterocycles. The van der Waals surface area contributed by atoms with E-state index in [0.717, 1.165) is 30.5 Å². The van der Waals surface area contributed by atoms with Crippen molar-refractivity contribution >= 4 is 16.8 Å². The SMILES string of the molecule is COc1cccc2c(C(=O)N3CCN(Cc4cccnc4)CC3C)n[nH]c12. The van der Waals surface area contributed by atoms with Gasteiger partial charge in [0, 0.05) is 50.0 Å². The van der Waals surface area contributed by atoms with Crippen molar-refractivity contribution < 1.29 is 9.53 Å². The number of amides is 1. The van der Waals surface area contributed by atoms with E-state index in [0.29, 0.717) is 18.0 Å². The van der Waals surface area contributed by atoms with Crippen LogP contribution in [-0.4, -0.2) is 63.7 Å². The number of hydrogen-bond donors (Lipinski definition) is 1. The Morgan fingerprint density at radius 1 is 1.30 bits per heavy atom. The third-order valence-electron chi connectivity index (χ3n) is 5.08. The molecule has 0 bridgehead atoms. The van der Waals surface area contributed by atoms with Gasteiger partial charge in [-0.05, 0) is 24.6 Å². The Hall–Kier alpha value is -2.93. The summed E-state index contributed by atoms with van der Waals surface area (Å²) < 4.78 is 5.35. The smallest absolute Gasteiger partial charge is 0.275 e. The number of benzene rings is 1. The van der Waals surface area contributed by atoms with Gasteiger partial charge in [-0.15, -0.1) is 0 Å². The minimum atomic E-state index is -0.0389. The van der Waals surface area contributed by atoms with E-state index in [1.54, 1.807) is 13.3 Å². The van der Waals surface area contributed by atoms with Crippen LogP contribution >= 0.6 is 0 Å². The number of pyridine rings is 1. The van der Waals surface area contributed by atoms with Gasteiger partial charge in [-0.1, -0.05) is 18.2 Å². The van der Waals surface area contributed by atoms with Gasteiger partial charge in [0.2, 0.25) is 0 Å². The fourth-order valence-corrected chi connectivity index (χ4v) is 3.71. The molecule has 2 aromatic heterocycles. The van der Waals surface area contributed by atoms with Crippen molar-refractivity contribution in [2.45, 2.75) is 19.5 Å². The van der Waals surface area contributed by atoms with E-state index in [9.17, 15) is 4.79 Å². The molecule has 140 valence electrons. The molecule has 1 unspecified atom stereocenters. The quantitative estimate of drug-likeness (QED) is 0.768. The summed E-state index contributed by atoms with van der Waals surface area (Å²) in [5, 5.41) is 8.02. The third kappa shape index (κ3) is 3.38. The minimum absolute atomic E-state index is 0.0389. The Kier molecular flexibility index (Phi) is 4.77. The summed E-state index contributed by atoms with van der Waals surface area (Å²) in [5.74, 6) is 0.649. The van der Waals surface area contributed by atoms with Crippen LogP contribution < -0.4 is 4.74 Å². The highest BCUT2D eigenvalue weighted by atomic mass is 16.5. The van der Waals surface area contributed by atoms with Crippen molar-refractivity contribution in [3.63, 3.8) is 0 Å². The lowest BCUT2D eigenvalue weighted by Crippen LogP contribution is -2.53. The van der Waals surface area contributed by atoms with Crippen LogP contribution in [0.2, 0.25) is 0 Å². The first kappa shape index (κ1) is 17.5. The molecule has 0 radical (unpaired) electrons. The predicted molar refractivity (Wildman–Crippen MR) is 103 cm³/mol. The molecule has 1 aromatic carbocycles. The largest absolute Gasteiger partial charge is 0.494 e. The van der Waals surface area contributed by atoms with E-state index in [4.69, 9.17) is 4.74 Å². The zero-order valence-corrected chi connectivity index (χ0v) is 15.6. The lowest BCUT2D eigenvalue weighted by molar-refractivity contribution is 0.0471. The predicted octanol–water partition coefficient (Wildman–Crippen LogP) is 2.31. The summed E-state index contributed by atoms with van der Waals surface area (Å²) >= 11 is 0. The Morgan fingerprint density at radius 2 is 2.19 bits per heavy atom. The van der Waals surface area contributed by atoms with Crippen LogP contribution in [0.15, 0.2) is 42.7 Å². The van der Waals surface area contributed by atoms with E-state index >= 15 is 0 Å². The van der Waals surface area contributed by atoms with Crippen LogP contribution in [0.1, 0.15) is 23.0 Å². The molecule has 1 atom stereocenters. The molecule has 4 rings (SSSR count). The van der Waals surface area contributed by atoms with Crippen LogP contribution in [-0.2, 0) is 6.54 Å². The Morgan fingerprint density at radius 3 is 2.93 bits per heavy atom. The van der Waals surface area contributed by atoms with Gasteiger partial charge in [0.25, 0.3) is 5.91 Å². The van der Waals surface area contributed by atoms with Crippen LogP contribution in [0, 0.1) is 0 Å². The maximum absolute atomic E-state index is 13.1. The van der Waals surface area contributed by atoms with Gasteiger partial charge in [-0.3, -0.25) is 19.8 Å². The number of ether oxygens (including phenoxy) is 1. The Bertz CT molecular complexity index is 940. The second kappa shape index (κ2) is 7.36. The van der Waals surface area contributed by atoms with Crippen molar-refractivity contribution in [3.05, 3.63) is 54.0 Å². The molecule has 27 heavy (non-hydrogen) atoms. The molecule has 0 spiro atoms. The van der Waals surface area contributed by atoms with Gasteiger partial charge in [-0.2, -0.15) is 5.10 Å². The molecule has 0 aliphatic carbocycles. The fourth-order valence-electron chi connectivity index (χ4n) is 3.71. The standard InChI is InChI=1S/C20H23N5O2/c1-14-12-24(13-15-5-4-8-21-11-15)9-10-25(14)20(26)19-16-6-3-7-17(27-2)18(16)22-23-19/h3-8,11,14H,9-10,12-13H2,1-2H3,(H,22,23). The van der Waals surface area contributed by atoms with E-state index in [-0.39, 0.29) is 11.9 Å². The van der Waals surface area contributed by atoms with Gasteiger partial charge in [-0.25, -0.2) is 0 Å². The monoisotopic (exact) mass is 365 g/mol. The zero-order valence-electron chi connectivity index (χ0n) is 15.6. The second-order valence-corrected chi connectivity index (χ2v) is 6.90. The molecule has 7 heteroatoms. The molecule has 3 aromatic rings. The van der Waals surface area contributed by atoms with Crippen LogP contribution in [0.4, 0.5) is 0 Å². The average molecular weight is 365 g/mol. The minimum Gasteiger partial charge on any atom is -0.494 e. The number of aromatic amines is 1. The number of piperazine rings is 1. The average Bonchev–Trinajstić information content (AvgIpc) is 3.12. The van der Waals surface area contributed by atoms with Crippen molar-refractivity contribution in [3.8, 4) is 5.75 Å². The first-order valence-corrected chi connectivity index (χ1v) is 9.10. The highest BCUT2D eigenvalue weighted by molar-refractivity contribution is 6.06. The summed E-state index contributed by atoms with van der Waals surface area (Å²) in [5.41, 5.74) is 2.40. The number of para-hydroxylation sites is 1. The number of hydrogen-bond acceptors (Lipinski definition) is 5. The molecule has 1 aliphatic rings. The number of carbonyl (C=O) groups is 1.